The molecular formula is C16H20O. The number of allylic oxidation sites excluding steroid dienone is 3. The van der Waals surface area contributed by atoms with Crippen LogP contribution >= 0.6 is 0 Å². The minimum atomic E-state index is 0.166. The van der Waals surface area contributed by atoms with Crippen LogP contribution in [-0.2, 0) is 12.8 Å². The molecule has 1 nitrogen and oxygen atoms in total. The summed E-state index contributed by atoms with van der Waals surface area (Å²) in [5.74, 6) is 1.18. The minimum Gasteiger partial charge on any atom is -0.469 e. The van der Waals surface area contributed by atoms with Gasteiger partial charge in [0, 0.05) is 17.3 Å². The summed E-state index contributed by atoms with van der Waals surface area (Å²) in [5, 5.41) is 0. The molecule has 1 heteroatoms. The van der Waals surface area contributed by atoms with Crippen LogP contribution in [-0.4, -0.2) is 0 Å². The van der Waals surface area contributed by atoms with Gasteiger partial charge in [-0.25, -0.2) is 0 Å². The molecule has 0 amide bonds. The van der Waals surface area contributed by atoms with Crippen LogP contribution in [0.15, 0.2) is 35.0 Å². The Hall–Kier alpha value is -1.24. The molecule has 1 heterocycles. The van der Waals surface area contributed by atoms with E-state index in [-0.39, 0.29) is 10.8 Å². The van der Waals surface area contributed by atoms with E-state index in [0.717, 1.165) is 19.3 Å². The Morgan fingerprint density at radius 1 is 1.29 bits per heavy atom. The van der Waals surface area contributed by atoms with Gasteiger partial charge < -0.3 is 4.42 Å². The molecule has 0 bridgehead atoms. The van der Waals surface area contributed by atoms with Crippen LogP contribution < -0.4 is 0 Å². The molecular weight excluding hydrogens is 208 g/mol. The lowest BCUT2D eigenvalue weighted by atomic mass is 9.52. The summed E-state index contributed by atoms with van der Waals surface area (Å²) in [6.07, 6.45) is 9.65. The predicted molar refractivity (Wildman–Crippen MR) is 70.0 cm³/mol. The third kappa shape index (κ3) is 1.25. The van der Waals surface area contributed by atoms with Crippen LogP contribution in [0, 0.1) is 17.8 Å². The number of aryl methyl sites for hydroxylation is 1. The Bertz CT molecular complexity index is 520. The van der Waals surface area contributed by atoms with Gasteiger partial charge in [0.05, 0.1) is 6.26 Å². The highest BCUT2D eigenvalue weighted by Gasteiger charge is 2.50. The lowest BCUT2D eigenvalue weighted by molar-refractivity contribution is 0.129. The van der Waals surface area contributed by atoms with Gasteiger partial charge in [-0.05, 0) is 30.9 Å². The first-order valence-electron chi connectivity index (χ1n) is 6.38. The van der Waals surface area contributed by atoms with E-state index in [9.17, 15) is 0 Å². The Labute approximate surface area is 103 Å². The quantitative estimate of drug-likeness (QED) is 0.606. The van der Waals surface area contributed by atoms with Gasteiger partial charge in [-0.15, -0.1) is 0 Å². The Morgan fingerprint density at radius 2 is 2.06 bits per heavy atom. The molecule has 2 aliphatic carbocycles. The third-order valence-corrected chi connectivity index (χ3v) is 5.14. The molecule has 0 aromatic carbocycles. The molecule has 2 aliphatic rings. The molecule has 2 unspecified atom stereocenters. The van der Waals surface area contributed by atoms with Crippen molar-refractivity contribution in [1.29, 1.82) is 0 Å². The maximum absolute atomic E-state index is 5.72. The van der Waals surface area contributed by atoms with Crippen molar-refractivity contribution in [2.45, 2.75) is 40.0 Å². The molecule has 0 spiro atoms. The number of hydrogen-bond donors (Lipinski definition) is 0. The van der Waals surface area contributed by atoms with Crippen LogP contribution in [0.25, 0.3) is 0 Å². The molecule has 90 valence electrons. The summed E-state index contributed by atoms with van der Waals surface area (Å²) < 4.78 is 5.72. The highest BCUT2D eigenvalue weighted by Crippen LogP contribution is 2.56. The van der Waals surface area contributed by atoms with E-state index in [1.165, 1.54) is 22.5 Å². The fourth-order valence-corrected chi connectivity index (χ4v) is 3.45. The van der Waals surface area contributed by atoms with E-state index >= 15 is 0 Å². The van der Waals surface area contributed by atoms with E-state index in [4.69, 9.17) is 4.42 Å². The van der Waals surface area contributed by atoms with Crippen molar-refractivity contribution in [3.05, 3.63) is 47.5 Å². The Kier molecular flexibility index (Phi) is 2.02. The van der Waals surface area contributed by atoms with E-state index in [1.807, 2.05) is 6.26 Å². The van der Waals surface area contributed by atoms with Crippen molar-refractivity contribution in [2.75, 3.05) is 0 Å². The molecule has 1 aromatic heterocycles. The molecule has 0 N–H and O–H groups in total. The van der Waals surface area contributed by atoms with Gasteiger partial charge in [-0.1, -0.05) is 38.2 Å². The molecule has 0 aliphatic heterocycles. The Morgan fingerprint density at radius 3 is 2.82 bits per heavy atom. The normalized spacial score (nSPS) is 35.6. The van der Waals surface area contributed by atoms with Gasteiger partial charge in [0.25, 0.3) is 0 Å². The standard InChI is InChI=1S/C16H20O/c1-11-10-17-14-9-15(3)7-5-6-12(2)16(15,4)8-13(11)14/h5,7,10H,2,6,8-9H2,1,3-4H3. The van der Waals surface area contributed by atoms with Crippen molar-refractivity contribution in [3.63, 3.8) is 0 Å². The molecule has 0 saturated heterocycles. The number of fused-ring (bicyclic) bond motifs is 2. The smallest absolute Gasteiger partial charge is 0.108 e. The third-order valence-electron chi connectivity index (χ3n) is 5.14. The van der Waals surface area contributed by atoms with Gasteiger partial charge >= 0.3 is 0 Å². The van der Waals surface area contributed by atoms with Crippen LogP contribution in [0.1, 0.15) is 37.2 Å². The van der Waals surface area contributed by atoms with Crippen molar-refractivity contribution >= 4 is 0 Å². The highest BCUT2D eigenvalue weighted by molar-refractivity contribution is 5.40. The SMILES string of the molecule is C=C1CC=CC2(C)Cc3occ(C)c3CC12C. The largest absolute Gasteiger partial charge is 0.469 e. The van der Waals surface area contributed by atoms with Gasteiger partial charge in [-0.3, -0.25) is 0 Å². The number of furan rings is 1. The first-order chi connectivity index (χ1) is 7.96. The van der Waals surface area contributed by atoms with Crippen molar-refractivity contribution in [1.82, 2.24) is 0 Å². The van der Waals surface area contributed by atoms with Gasteiger partial charge in [0.2, 0.25) is 0 Å². The summed E-state index contributed by atoms with van der Waals surface area (Å²) in [7, 11) is 0. The zero-order chi connectivity index (χ0) is 12.3. The zero-order valence-electron chi connectivity index (χ0n) is 11.0. The maximum atomic E-state index is 5.72. The number of hydrogen-bond acceptors (Lipinski definition) is 1. The van der Waals surface area contributed by atoms with E-state index < -0.39 is 0 Å². The fourth-order valence-electron chi connectivity index (χ4n) is 3.45. The van der Waals surface area contributed by atoms with Crippen molar-refractivity contribution in [2.24, 2.45) is 10.8 Å². The minimum absolute atomic E-state index is 0.166. The summed E-state index contributed by atoms with van der Waals surface area (Å²) in [5.41, 5.74) is 4.43. The summed E-state index contributed by atoms with van der Waals surface area (Å²) in [6.45, 7) is 11.2. The average molecular weight is 228 g/mol. The summed E-state index contributed by atoms with van der Waals surface area (Å²) >= 11 is 0. The maximum Gasteiger partial charge on any atom is 0.108 e. The van der Waals surface area contributed by atoms with E-state index in [2.05, 4.69) is 39.5 Å². The van der Waals surface area contributed by atoms with Gasteiger partial charge in [-0.2, -0.15) is 0 Å². The van der Waals surface area contributed by atoms with Crippen molar-refractivity contribution in [3.8, 4) is 0 Å². The fraction of sp³-hybridized carbons (Fsp3) is 0.500. The topological polar surface area (TPSA) is 13.1 Å². The lowest BCUT2D eigenvalue weighted by Gasteiger charge is -2.51. The molecule has 1 aromatic rings. The first-order valence-corrected chi connectivity index (χ1v) is 6.38. The average Bonchev–Trinajstić information content (AvgIpc) is 2.59. The zero-order valence-corrected chi connectivity index (χ0v) is 11.0. The number of rotatable bonds is 0. The molecule has 2 atom stereocenters. The molecule has 17 heavy (non-hydrogen) atoms. The van der Waals surface area contributed by atoms with Crippen molar-refractivity contribution < 1.29 is 4.42 Å². The van der Waals surface area contributed by atoms with Crippen LogP contribution in [0.4, 0.5) is 0 Å². The Balaban J connectivity index is 2.18. The summed E-state index contributed by atoms with van der Waals surface area (Å²) in [4.78, 5) is 0. The lowest BCUT2D eigenvalue weighted by Crippen LogP contribution is -2.45. The second kappa shape index (κ2) is 3.16. The second-order valence-electron chi connectivity index (χ2n) is 6.13. The van der Waals surface area contributed by atoms with Crippen LogP contribution in [0.3, 0.4) is 0 Å². The first kappa shape index (κ1) is 10.9. The van der Waals surface area contributed by atoms with Gasteiger partial charge in [0.1, 0.15) is 5.76 Å². The van der Waals surface area contributed by atoms with Crippen LogP contribution in [0.2, 0.25) is 0 Å². The highest BCUT2D eigenvalue weighted by atomic mass is 16.3. The molecule has 3 rings (SSSR count). The summed E-state index contributed by atoms with van der Waals surface area (Å²) in [6, 6.07) is 0. The van der Waals surface area contributed by atoms with Crippen LogP contribution in [0.5, 0.6) is 0 Å². The molecule has 0 saturated carbocycles. The van der Waals surface area contributed by atoms with E-state index in [1.54, 1.807) is 0 Å². The van der Waals surface area contributed by atoms with E-state index in [0.29, 0.717) is 0 Å². The van der Waals surface area contributed by atoms with Gasteiger partial charge in [0.15, 0.2) is 0 Å². The molecule has 0 fully saturated rings. The second-order valence-corrected chi connectivity index (χ2v) is 6.13. The predicted octanol–water partition coefficient (Wildman–Crippen LogP) is 4.22. The monoisotopic (exact) mass is 228 g/mol. The molecule has 0 radical (unpaired) electrons.